The molecule has 0 aliphatic heterocycles. The third-order valence-electron chi connectivity index (χ3n) is 7.56. The van der Waals surface area contributed by atoms with Crippen LogP contribution >= 0.6 is 0 Å². The van der Waals surface area contributed by atoms with Crippen molar-refractivity contribution >= 4 is 16.8 Å². The van der Waals surface area contributed by atoms with Crippen molar-refractivity contribution in [2.45, 2.75) is 32.7 Å². The smallest absolute Gasteiger partial charge is 0.224 e. The van der Waals surface area contributed by atoms with Crippen molar-refractivity contribution < 1.29 is 19.0 Å². The molecule has 0 aliphatic carbocycles. The molecule has 0 fully saturated rings. The summed E-state index contributed by atoms with van der Waals surface area (Å²) in [5.74, 6) is 2.11. The molecule has 6 rings (SSSR count). The van der Waals surface area contributed by atoms with Gasteiger partial charge in [-0.2, -0.15) is 0 Å². The molecule has 0 unspecified atom stereocenters. The first kappa shape index (κ1) is 29.6. The van der Waals surface area contributed by atoms with Crippen molar-refractivity contribution in [2.24, 2.45) is 0 Å². The van der Waals surface area contributed by atoms with Gasteiger partial charge in [0.1, 0.15) is 25.6 Å². The average Bonchev–Trinajstić information content (AvgIpc) is 3.48. The van der Waals surface area contributed by atoms with Gasteiger partial charge in [0.15, 0.2) is 11.5 Å². The minimum atomic E-state index is -0.0325. The van der Waals surface area contributed by atoms with E-state index in [1.54, 1.807) is 0 Å². The number of aromatic amines is 1. The van der Waals surface area contributed by atoms with Crippen LogP contribution < -0.4 is 19.5 Å². The molecule has 45 heavy (non-hydrogen) atoms. The maximum absolute atomic E-state index is 12.9. The number of nitrogens with one attached hydrogen (secondary N) is 2. The number of benzene rings is 5. The lowest BCUT2D eigenvalue weighted by atomic mass is 10.1. The zero-order valence-corrected chi connectivity index (χ0v) is 25.1. The van der Waals surface area contributed by atoms with Crippen molar-refractivity contribution in [2.75, 3.05) is 6.54 Å². The Hall–Kier alpha value is -5.49. The normalized spacial score (nSPS) is 10.8. The summed E-state index contributed by atoms with van der Waals surface area (Å²) >= 11 is 0. The number of amides is 1. The first-order valence-electron chi connectivity index (χ1n) is 15.2. The first-order chi connectivity index (χ1) is 22.2. The van der Waals surface area contributed by atoms with Gasteiger partial charge >= 0.3 is 0 Å². The van der Waals surface area contributed by atoms with Gasteiger partial charge in [-0.3, -0.25) is 4.79 Å². The number of carbonyl (C=O) groups is 1. The molecule has 226 valence electrons. The average molecular weight is 597 g/mol. The number of hydrogen-bond donors (Lipinski definition) is 2. The van der Waals surface area contributed by atoms with Crippen LogP contribution in [-0.4, -0.2) is 17.4 Å². The highest BCUT2D eigenvalue weighted by atomic mass is 16.5. The molecule has 6 nitrogen and oxygen atoms in total. The lowest BCUT2D eigenvalue weighted by Gasteiger charge is -2.15. The van der Waals surface area contributed by atoms with Gasteiger partial charge in [0.2, 0.25) is 5.91 Å². The molecule has 1 heterocycles. The molecule has 0 saturated heterocycles. The molecule has 5 aromatic carbocycles. The molecule has 6 aromatic rings. The number of aromatic nitrogens is 1. The van der Waals surface area contributed by atoms with E-state index < -0.39 is 0 Å². The summed E-state index contributed by atoms with van der Waals surface area (Å²) in [5.41, 5.74) is 6.24. The van der Waals surface area contributed by atoms with Crippen LogP contribution in [0.4, 0.5) is 0 Å². The van der Waals surface area contributed by atoms with Crippen LogP contribution in [0.1, 0.15) is 27.8 Å². The van der Waals surface area contributed by atoms with Crippen LogP contribution in [0.3, 0.4) is 0 Å². The Morgan fingerprint density at radius 2 is 1.20 bits per heavy atom. The summed E-state index contributed by atoms with van der Waals surface area (Å²) in [6.45, 7) is 1.89. The van der Waals surface area contributed by atoms with Crippen LogP contribution in [0.2, 0.25) is 0 Å². The van der Waals surface area contributed by atoms with Crippen LogP contribution in [0.15, 0.2) is 134 Å². The highest BCUT2D eigenvalue weighted by Gasteiger charge is 2.12. The SMILES string of the molecule is O=C(Cc1c[nH]c2ccc(OCc3ccccc3)cc12)NCCc1ccc(OCc2ccccc2)c(OCc2ccccc2)c1. The van der Waals surface area contributed by atoms with Crippen molar-refractivity contribution in [1.29, 1.82) is 0 Å². The number of carbonyl (C=O) groups excluding carboxylic acids is 1. The van der Waals surface area contributed by atoms with E-state index in [4.69, 9.17) is 14.2 Å². The molecule has 6 heteroatoms. The minimum absolute atomic E-state index is 0.0325. The number of fused-ring (bicyclic) bond motifs is 1. The topological polar surface area (TPSA) is 72.6 Å². The van der Waals surface area contributed by atoms with Gasteiger partial charge in [-0.15, -0.1) is 0 Å². The van der Waals surface area contributed by atoms with Crippen molar-refractivity contribution in [3.63, 3.8) is 0 Å². The Morgan fingerprint density at radius 3 is 1.84 bits per heavy atom. The van der Waals surface area contributed by atoms with Gasteiger partial charge in [-0.25, -0.2) is 0 Å². The second-order valence-corrected chi connectivity index (χ2v) is 10.9. The Bertz CT molecular complexity index is 1820. The summed E-state index contributed by atoms with van der Waals surface area (Å²) in [7, 11) is 0. The van der Waals surface area contributed by atoms with E-state index in [-0.39, 0.29) is 12.3 Å². The number of rotatable bonds is 14. The number of ether oxygens (including phenoxy) is 3. The first-order valence-corrected chi connectivity index (χ1v) is 15.2. The van der Waals surface area contributed by atoms with Gasteiger partial charge in [0.25, 0.3) is 0 Å². The minimum Gasteiger partial charge on any atom is -0.489 e. The summed E-state index contributed by atoms with van der Waals surface area (Å²) < 4.78 is 18.4. The Kier molecular flexibility index (Phi) is 9.73. The largest absolute Gasteiger partial charge is 0.489 e. The van der Waals surface area contributed by atoms with E-state index in [0.29, 0.717) is 44.3 Å². The second-order valence-electron chi connectivity index (χ2n) is 10.9. The maximum atomic E-state index is 12.9. The quantitative estimate of drug-likeness (QED) is 0.135. The summed E-state index contributed by atoms with van der Waals surface area (Å²) in [5, 5.41) is 4.07. The van der Waals surface area contributed by atoms with Crippen LogP contribution in [0.25, 0.3) is 10.9 Å². The molecule has 0 saturated carbocycles. The molecule has 1 amide bonds. The predicted molar refractivity (Wildman–Crippen MR) is 177 cm³/mol. The number of hydrogen-bond acceptors (Lipinski definition) is 4. The zero-order valence-electron chi connectivity index (χ0n) is 25.1. The molecule has 0 spiro atoms. The Balaban J connectivity index is 1.05. The molecule has 2 N–H and O–H groups in total. The van der Waals surface area contributed by atoms with Crippen LogP contribution in [0, 0.1) is 0 Å². The van der Waals surface area contributed by atoms with E-state index in [0.717, 1.165) is 44.5 Å². The van der Waals surface area contributed by atoms with E-state index >= 15 is 0 Å². The Labute approximate surface area is 263 Å². The standard InChI is InChI=1S/C39H36N2O4/c42-39(23-33-25-41-36-18-17-34(24-35(33)36)43-26-30-10-4-1-5-11-30)40-21-20-29-16-19-37(44-27-31-12-6-2-7-13-31)38(22-29)45-28-32-14-8-3-9-15-32/h1-19,22,24-25,41H,20-21,23,26-28H2,(H,40,42). The van der Waals surface area contributed by atoms with E-state index in [1.807, 2.05) is 134 Å². The molecule has 0 radical (unpaired) electrons. The van der Waals surface area contributed by atoms with Crippen molar-refractivity contribution in [3.8, 4) is 17.2 Å². The van der Waals surface area contributed by atoms with Gasteiger partial charge in [0.05, 0.1) is 6.42 Å². The molecule has 0 atom stereocenters. The molecular formula is C39H36N2O4. The third-order valence-corrected chi connectivity index (χ3v) is 7.56. The van der Waals surface area contributed by atoms with Gasteiger partial charge in [-0.1, -0.05) is 97.1 Å². The van der Waals surface area contributed by atoms with Crippen molar-refractivity contribution in [1.82, 2.24) is 10.3 Å². The third kappa shape index (κ3) is 8.33. The van der Waals surface area contributed by atoms with Crippen LogP contribution in [0.5, 0.6) is 17.2 Å². The van der Waals surface area contributed by atoms with Crippen LogP contribution in [-0.2, 0) is 37.5 Å². The zero-order chi connectivity index (χ0) is 30.7. The monoisotopic (exact) mass is 596 g/mol. The van der Waals surface area contributed by atoms with Crippen molar-refractivity contribution in [3.05, 3.63) is 161 Å². The van der Waals surface area contributed by atoms with Gasteiger partial charge < -0.3 is 24.5 Å². The lowest BCUT2D eigenvalue weighted by molar-refractivity contribution is -0.120. The fourth-order valence-electron chi connectivity index (χ4n) is 5.13. The molecule has 0 bridgehead atoms. The molecular weight excluding hydrogens is 560 g/mol. The summed E-state index contributed by atoms with van der Waals surface area (Å²) in [6, 6.07) is 42.1. The van der Waals surface area contributed by atoms with Gasteiger partial charge in [0, 0.05) is 23.6 Å². The maximum Gasteiger partial charge on any atom is 0.224 e. The lowest BCUT2D eigenvalue weighted by Crippen LogP contribution is -2.27. The molecule has 1 aromatic heterocycles. The fraction of sp³-hybridized carbons (Fsp3) is 0.154. The predicted octanol–water partition coefficient (Wildman–Crippen LogP) is 7.81. The fourth-order valence-corrected chi connectivity index (χ4v) is 5.13. The van der Waals surface area contributed by atoms with E-state index in [2.05, 4.69) is 10.3 Å². The molecule has 0 aliphatic rings. The number of H-pyrrole nitrogens is 1. The van der Waals surface area contributed by atoms with E-state index in [1.165, 1.54) is 0 Å². The van der Waals surface area contributed by atoms with Gasteiger partial charge in [-0.05, 0) is 64.6 Å². The highest BCUT2D eigenvalue weighted by molar-refractivity contribution is 5.89. The Morgan fingerprint density at radius 1 is 0.600 bits per heavy atom. The summed E-state index contributed by atoms with van der Waals surface area (Å²) in [4.78, 5) is 16.2. The highest BCUT2D eigenvalue weighted by Crippen LogP contribution is 2.30. The van der Waals surface area contributed by atoms with E-state index in [9.17, 15) is 4.79 Å². The summed E-state index contributed by atoms with van der Waals surface area (Å²) in [6.07, 6.45) is 2.84. The second kappa shape index (κ2) is 14.8.